The van der Waals surface area contributed by atoms with Gasteiger partial charge in [-0.3, -0.25) is 0 Å². The van der Waals surface area contributed by atoms with Crippen LogP contribution in [0.4, 0.5) is 0 Å². The first-order valence-corrected chi connectivity index (χ1v) is 22.0. The van der Waals surface area contributed by atoms with Crippen LogP contribution >= 0.6 is 0 Å². The summed E-state index contributed by atoms with van der Waals surface area (Å²) in [5, 5.41) is 21.6. The quantitative estimate of drug-likeness (QED) is 0.0519. The Bertz CT molecular complexity index is 974. The minimum absolute atomic E-state index is 0. The van der Waals surface area contributed by atoms with E-state index >= 15 is 0 Å². The third kappa shape index (κ3) is 32.9. The normalized spacial score (nSPS) is 12.0. The van der Waals surface area contributed by atoms with Gasteiger partial charge in [0, 0.05) is 11.9 Å². The van der Waals surface area contributed by atoms with E-state index in [1.807, 2.05) is 36.4 Å². The van der Waals surface area contributed by atoms with Crippen molar-refractivity contribution in [2.45, 2.75) is 218 Å². The van der Waals surface area contributed by atoms with Gasteiger partial charge in [0.1, 0.15) is 0 Å². The van der Waals surface area contributed by atoms with E-state index in [9.17, 15) is 19.8 Å². The van der Waals surface area contributed by atoms with Gasteiger partial charge in [-0.2, -0.15) is 0 Å². The zero-order chi connectivity index (χ0) is 37.7. The van der Waals surface area contributed by atoms with Gasteiger partial charge >= 0.3 is 48.9 Å². The van der Waals surface area contributed by atoms with Crippen molar-refractivity contribution in [1.82, 2.24) is 0 Å². The van der Waals surface area contributed by atoms with Crippen LogP contribution in [0.25, 0.3) is 0 Å². The van der Waals surface area contributed by atoms with Gasteiger partial charge < -0.3 is 19.8 Å². The summed E-state index contributed by atoms with van der Waals surface area (Å²) in [6.07, 6.45) is 36.5. The predicted octanol–water partition coefficient (Wildman–Crippen LogP) is 12.4. The van der Waals surface area contributed by atoms with Crippen LogP contribution in [0.15, 0.2) is 60.7 Å². The molecule has 0 aliphatic carbocycles. The number of rotatable bonds is 34. The van der Waals surface area contributed by atoms with Crippen LogP contribution in [0.1, 0.15) is 229 Å². The first kappa shape index (κ1) is 52.0. The van der Waals surface area contributed by atoms with Crippen LogP contribution in [0, 0.1) is 0 Å². The molecule has 2 aromatic rings. The molecular weight excluding hydrogens is 778 g/mol. The van der Waals surface area contributed by atoms with Crippen molar-refractivity contribution < 1.29 is 19.8 Å². The molecule has 2 aromatic carbocycles. The van der Waals surface area contributed by atoms with Gasteiger partial charge in [-0.15, -0.1) is 0 Å². The zero-order valence-electron chi connectivity index (χ0n) is 34.5. The SMILES string of the molecule is CCCCCCCCCCCCCCC(CCC(=O)[O-])c1ccccc1.CCCCCCCCCCCCCCC(CCC(=O)[O-])c1ccccc1.[Ba+2]. The Morgan fingerprint density at radius 2 is 0.642 bits per heavy atom. The Morgan fingerprint density at radius 3 is 0.887 bits per heavy atom. The minimum Gasteiger partial charge on any atom is -0.550 e. The van der Waals surface area contributed by atoms with E-state index in [2.05, 4.69) is 38.1 Å². The van der Waals surface area contributed by atoms with Crippen molar-refractivity contribution in [3.63, 3.8) is 0 Å². The second kappa shape index (κ2) is 39.2. The summed E-state index contributed by atoms with van der Waals surface area (Å²) in [5.41, 5.74) is 2.55. The summed E-state index contributed by atoms with van der Waals surface area (Å²) < 4.78 is 0. The molecule has 0 bridgehead atoms. The predicted molar refractivity (Wildman–Crippen MR) is 224 cm³/mol. The third-order valence-corrected chi connectivity index (χ3v) is 10.7. The first-order valence-electron chi connectivity index (χ1n) is 22.0. The van der Waals surface area contributed by atoms with Crippen molar-refractivity contribution >= 4 is 60.8 Å². The molecule has 0 saturated carbocycles. The molecule has 0 aliphatic rings. The summed E-state index contributed by atoms with van der Waals surface area (Å²) in [6, 6.07) is 20.7. The van der Waals surface area contributed by atoms with Crippen molar-refractivity contribution in [2.75, 3.05) is 0 Å². The van der Waals surface area contributed by atoms with Gasteiger partial charge in [0.05, 0.1) is 0 Å². The van der Waals surface area contributed by atoms with Crippen molar-refractivity contribution in [2.24, 2.45) is 0 Å². The van der Waals surface area contributed by atoms with Gasteiger partial charge in [0.25, 0.3) is 0 Å². The average Bonchev–Trinajstić information content (AvgIpc) is 3.15. The molecule has 0 aliphatic heterocycles. The second-order valence-electron chi connectivity index (χ2n) is 15.4. The minimum atomic E-state index is -0.930. The molecule has 296 valence electrons. The number of benzene rings is 2. The Kier molecular flexibility index (Phi) is 38.4. The van der Waals surface area contributed by atoms with E-state index in [1.54, 1.807) is 0 Å². The number of carbonyl (C=O) groups is 2. The molecule has 2 unspecified atom stereocenters. The smallest absolute Gasteiger partial charge is 0.550 e. The van der Waals surface area contributed by atoms with Gasteiger partial charge in [-0.25, -0.2) is 0 Å². The number of carboxylic acid groups (broad SMARTS) is 2. The summed E-state index contributed by atoms with van der Waals surface area (Å²) in [5.74, 6) is -1.14. The zero-order valence-corrected chi connectivity index (χ0v) is 38.9. The molecule has 0 radical (unpaired) electrons. The molecule has 0 aromatic heterocycles. The van der Waals surface area contributed by atoms with E-state index in [-0.39, 0.29) is 61.7 Å². The maximum Gasteiger partial charge on any atom is 2.00 e. The molecule has 0 fully saturated rings. The topological polar surface area (TPSA) is 80.3 Å². The Labute approximate surface area is 367 Å². The van der Waals surface area contributed by atoms with Crippen LogP contribution in [0.5, 0.6) is 0 Å². The molecular formula is C48H78BaO4. The van der Waals surface area contributed by atoms with Gasteiger partial charge in [0.2, 0.25) is 0 Å². The molecule has 0 amide bonds. The molecule has 5 heteroatoms. The third-order valence-electron chi connectivity index (χ3n) is 10.7. The fraction of sp³-hybridized carbons (Fsp3) is 0.708. The molecule has 0 N–H and O–H groups in total. The summed E-state index contributed by atoms with van der Waals surface area (Å²) >= 11 is 0. The average molecular weight is 856 g/mol. The molecule has 4 nitrogen and oxygen atoms in total. The largest absolute Gasteiger partial charge is 2.00 e. The maximum absolute atomic E-state index is 10.8. The fourth-order valence-electron chi connectivity index (χ4n) is 7.45. The second-order valence-corrected chi connectivity index (χ2v) is 15.4. The molecule has 2 rings (SSSR count). The molecule has 0 spiro atoms. The van der Waals surface area contributed by atoms with E-state index < -0.39 is 11.9 Å². The van der Waals surface area contributed by atoms with Crippen LogP contribution < -0.4 is 10.2 Å². The number of hydrogen-bond acceptors (Lipinski definition) is 4. The van der Waals surface area contributed by atoms with Crippen molar-refractivity contribution in [1.29, 1.82) is 0 Å². The van der Waals surface area contributed by atoms with Crippen LogP contribution in [-0.4, -0.2) is 60.8 Å². The van der Waals surface area contributed by atoms with E-state index in [4.69, 9.17) is 0 Å². The van der Waals surface area contributed by atoms with Gasteiger partial charge in [0.15, 0.2) is 0 Å². The first-order chi connectivity index (χ1) is 25.5. The van der Waals surface area contributed by atoms with Crippen molar-refractivity contribution in [3.8, 4) is 0 Å². The summed E-state index contributed by atoms with van der Waals surface area (Å²) in [6.45, 7) is 4.54. The molecule has 0 heterocycles. The summed E-state index contributed by atoms with van der Waals surface area (Å²) in [7, 11) is 0. The maximum atomic E-state index is 10.8. The Hall–Kier alpha value is -1.05. The fourth-order valence-corrected chi connectivity index (χ4v) is 7.45. The standard InChI is InChI=1S/2C24H40O2.Ba/c2*1-2-3-4-5-6-7-8-9-10-11-12-14-19-23(20-21-24(25)26)22-17-15-13-16-18-22;/h2*13,15-18,23H,2-12,14,19-21H2,1H3,(H,25,26);/q;;+2/p-2. The monoisotopic (exact) mass is 856 g/mol. The van der Waals surface area contributed by atoms with Gasteiger partial charge in [-0.05, 0) is 61.5 Å². The molecule has 53 heavy (non-hydrogen) atoms. The van der Waals surface area contributed by atoms with Gasteiger partial charge in [-0.1, -0.05) is 229 Å². The van der Waals surface area contributed by atoms with Crippen LogP contribution in [0.2, 0.25) is 0 Å². The van der Waals surface area contributed by atoms with E-state index in [0.717, 1.165) is 12.8 Å². The Morgan fingerprint density at radius 1 is 0.396 bits per heavy atom. The number of carbonyl (C=O) groups excluding carboxylic acids is 2. The number of aliphatic carboxylic acids is 2. The number of hydrogen-bond donors (Lipinski definition) is 0. The number of unbranched alkanes of at least 4 members (excludes halogenated alkanes) is 22. The van der Waals surface area contributed by atoms with Crippen LogP contribution in [0.3, 0.4) is 0 Å². The van der Waals surface area contributed by atoms with Crippen LogP contribution in [-0.2, 0) is 9.59 Å². The van der Waals surface area contributed by atoms with E-state index in [0.29, 0.717) is 24.7 Å². The summed E-state index contributed by atoms with van der Waals surface area (Å²) in [4.78, 5) is 21.6. The number of carboxylic acids is 2. The molecule has 2 atom stereocenters. The molecule has 0 saturated heterocycles. The van der Waals surface area contributed by atoms with Crippen molar-refractivity contribution in [3.05, 3.63) is 71.8 Å². The Balaban J connectivity index is 0.00000100. The van der Waals surface area contributed by atoms with E-state index in [1.165, 1.54) is 165 Å².